The summed E-state index contributed by atoms with van der Waals surface area (Å²) in [7, 11) is 1.78. The number of nitrogens with zero attached hydrogens (tertiary/aromatic N) is 2. The van der Waals surface area contributed by atoms with Crippen LogP contribution in [0.25, 0.3) is 0 Å². The summed E-state index contributed by atoms with van der Waals surface area (Å²) in [5, 5.41) is 12.1. The van der Waals surface area contributed by atoms with Crippen molar-refractivity contribution < 1.29 is 4.79 Å². The Bertz CT molecular complexity index is 494. The van der Waals surface area contributed by atoms with Crippen LogP contribution in [0.2, 0.25) is 0 Å². The fourth-order valence-electron chi connectivity index (χ4n) is 1.47. The van der Waals surface area contributed by atoms with Gasteiger partial charge in [0.1, 0.15) is 12.2 Å². The number of aromatic amines is 1. The summed E-state index contributed by atoms with van der Waals surface area (Å²) in [4.78, 5) is 15.8. The van der Waals surface area contributed by atoms with Crippen LogP contribution in [0.1, 0.15) is 16.2 Å². The number of nitrogens with one attached hydrogen (secondary N) is 3. The van der Waals surface area contributed by atoms with Crippen molar-refractivity contribution in [2.24, 2.45) is 0 Å². The molecule has 0 fully saturated rings. The van der Waals surface area contributed by atoms with Gasteiger partial charge in [-0.25, -0.2) is 4.98 Å². The molecule has 17 heavy (non-hydrogen) atoms. The molecule has 3 N–H and O–H groups in total. The minimum Gasteiger partial charge on any atom is -0.387 e. The van der Waals surface area contributed by atoms with Crippen LogP contribution in [-0.4, -0.2) is 28.1 Å². The zero-order valence-electron chi connectivity index (χ0n) is 9.40. The lowest BCUT2D eigenvalue weighted by Crippen LogP contribution is -2.24. The second-order valence-corrected chi connectivity index (χ2v) is 3.41. The summed E-state index contributed by atoms with van der Waals surface area (Å²) in [6, 6.07) is 7.31. The average Bonchev–Trinajstić information content (AvgIpc) is 2.89. The van der Waals surface area contributed by atoms with E-state index in [1.54, 1.807) is 13.1 Å². The number of amides is 1. The molecule has 6 heteroatoms. The summed E-state index contributed by atoms with van der Waals surface area (Å²) in [6.45, 7) is 0.330. The first-order valence-electron chi connectivity index (χ1n) is 5.20. The van der Waals surface area contributed by atoms with Crippen LogP contribution in [-0.2, 0) is 6.54 Å². The maximum Gasteiger partial charge on any atom is 0.253 e. The molecule has 1 heterocycles. The minimum absolute atomic E-state index is 0.147. The molecule has 0 aliphatic rings. The van der Waals surface area contributed by atoms with E-state index in [1.165, 1.54) is 6.33 Å². The van der Waals surface area contributed by atoms with Crippen molar-refractivity contribution in [2.45, 2.75) is 6.54 Å². The molecular weight excluding hydrogens is 218 g/mol. The van der Waals surface area contributed by atoms with Gasteiger partial charge in [-0.2, -0.15) is 5.10 Å². The summed E-state index contributed by atoms with van der Waals surface area (Å²) >= 11 is 0. The van der Waals surface area contributed by atoms with Gasteiger partial charge in [0.05, 0.1) is 12.1 Å². The summed E-state index contributed by atoms with van der Waals surface area (Å²) < 4.78 is 0. The highest BCUT2D eigenvalue weighted by atomic mass is 16.1. The predicted octanol–water partition coefficient (Wildman–Crippen LogP) is 0.776. The van der Waals surface area contributed by atoms with E-state index < -0.39 is 0 Å². The molecule has 2 aromatic rings. The van der Waals surface area contributed by atoms with Gasteiger partial charge in [0.25, 0.3) is 5.91 Å². The smallest absolute Gasteiger partial charge is 0.253 e. The molecule has 0 saturated carbocycles. The van der Waals surface area contributed by atoms with Gasteiger partial charge < -0.3 is 10.6 Å². The molecule has 88 valence electrons. The Balaban J connectivity index is 2.04. The lowest BCUT2D eigenvalue weighted by molar-refractivity contribution is 0.0950. The molecule has 0 bridgehead atoms. The van der Waals surface area contributed by atoms with E-state index >= 15 is 0 Å². The number of carbonyl (C=O) groups excluding carboxylic acids is 1. The molecule has 0 radical (unpaired) electrons. The van der Waals surface area contributed by atoms with Gasteiger partial charge in [-0.05, 0) is 12.1 Å². The molecule has 0 unspecified atom stereocenters. The topological polar surface area (TPSA) is 82.7 Å². The first-order valence-corrected chi connectivity index (χ1v) is 5.20. The molecule has 0 spiro atoms. The standard InChI is InChI=1S/C11H13N5O/c1-12-9-5-3-2-4-8(9)11(17)13-6-10-14-7-15-16-10/h2-5,7,12H,6H2,1H3,(H,13,17)(H,14,15,16). The summed E-state index contributed by atoms with van der Waals surface area (Å²) in [5.74, 6) is 0.478. The Hall–Kier alpha value is -2.37. The maximum absolute atomic E-state index is 11.9. The molecule has 2 rings (SSSR count). The molecule has 0 aliphatic carbocycles. The van der Waals surface area contributed by atoms with Crippen molar-refractivity contribution in [1.29, 1.82) is 0 Å². The molecular formula is C11H13N5O. The fourth-order valence-corrected chi connectivity index (χ4v) is 1.47. The van der Waals surface area contributed by atoms with E-state index in [-0.39, 0.29) is 5.91 Å². The number of hydrogen-bond donors (Lipinski definition) is 3. The van der Waals surface area contributed by atoms with Crippen molar-refractivity contribution in [2.75, 3.05) is 12.4 Å². The molecule has 0 saturated heterocycles. The third kappa shape index (κ3) is 2.60. The van der Waals surface area contributed by atoms with Crippen LogP contribution in [0.15, 0.2) is 30.6 Å². The van der Waals surface area contributed by atoms with Crippen molar-refractivity contribution in [3.63, 3.8) is 0 Å². The number of carbonyl (C=O) groups is 1. The number of H-pyrrole nitrogens is 1. The van der Waals surface area contributed by atoms with Gasteiger partial charge in [-0.15, -0.1) is 0 Å². The molecule has 0 aliphatic heterocycles. The maximum atomic E-state index is 11.9. The number of rotatable bonds is 4. The van der Waals surface area contributed by atoms with Gasteiger partial charge in [0.2, 0.25) is 0 Å². The third-order valence-corrected chi connectivity index (χ3v) is 2.32. The highest BCUT2D eigenvalue weighted by Crippen LogP contribution is 2.13. The predicted molar refractivity (Wildman–Crippen MR) is 63.5 cm³/mol. The number of aromatic nitrogens is 3. The number of hydrogen-bond acceptors (Lipinski definition) is 4. The second-order valence-electron chi connectivity index (χ2n) is 3.41. The Kier molecular flexibility index (Phi) is 3.34. The van der Waals surface area contributed by atoms with Crippen LogP contribution in [0.5, 0.6) is 0 Å². The highest BCUT2D eigenvalue weighted by molar-refractivity contribution is 5.99. The summed E-state index contributed by atoms with van der Waals surface area (Å²) in [5.41, 5.74) is 1.40. The van der Waals surface area contributed by atoms with Crippen molar-refractivity contribution in [1.82, 2.24) is 20.5 Å². The Morgan fingerprint density at radius 3 is 2.94 bits per heavy atom. The Labute approximate surface area is 98.5 Å². The molecule has 1 amide bonds. The largest absolute Gasteiger partial charge is 0.387 e. The van der Waals surface area contributed by atoms with Crippen molar-refractivity contribution in [3.8, 4) is 0 Å². The Morgan fingerprint density at radius 1 is 1.41 bits per heavy atom. The quantitative estimate of drug-likeness (QED) is 0.726. The fraction of sp³-hybridized carbons (Fsp3) is 0.182. The first-order chi connectivity index (χ1) is 8.31. The van der Waals surface area contributed by atoms with Gasteiger partial charge >= 0.3 is 0 Å². The van der Waals surface area contributed by atoms with E-state index in [0.29, 0.717) is 17.9 Å². The van der Waals surface area contributed by atoms with Crippen LogP contribution in [0.4, 0.5) is 5.69 Å². The number of benzene rings is 1. The molecule has 6 nitrogen and oxygen atoms in total. The van der Waals surface area contributed by atoms with Gasteiger partial charge in [-0.1, -0.05) is 12.1 Å². The molecule has 1 aromatic carbocycles. The van der Waals surface area contributed by atoms with Gasteiger partial charge in [0.15, 0.2) is 0 Å². The van der Waals surface area contributed by atoms with E-state index in [9.17, 15) is 4.79 Å². The average molecular weight is 231 g/mol. The van der Waals surface area contributed by atoms with Crippen LogP contribution >= 0.6 is 0 Å². The van der Waals surface area contributed by atoms with E-state index in [0.717, 1.165) is 5.69 Å². The first kappa shape index (κ1) is 11.1. The lowest BCUT2D eigenvalue weighted by Gasteiger charge is -2.08. The lowest BCUT2D eigenvalue weighted by atomic mass is 10.1. The number of para-hydroxylation sites is 1. The van der Waals surface area contributed by atoms with E-state index in [2.05, 4.69) is 25.8 Å². The van der Waals surface area contributed by atoms with Crippen molar-refractivity contribution >= 4 is 11.6 Å². The third-order valence-electron chi connectivity index (χ3n) is 2.32. The second kappa shape index (κ2) is 5.11. The van der Waals surface area contributed by atoms with E-state index in [4.69, 9.17) is 0 Å². The summed E-state index contributed by atoms with van der Waals surface area (Å²) in [6.07, 6.45) is 1.41. The normalized spacial score (nSPS) is 9.94. The van der Waals surface area contributed by atoms with Gasteiger partial charge in [0, 0.05) is 12.7 Å². The molecule has 1 aromatic heterocycles. The highest BCUT2D eigenvalue weighted by Gasteiger charge is 2.09. The SMILES string of the molecule is CNc1ccccc1C(=O)NCc1ncn[nH]1. The zero-order chi connectivity index (χ0) is 12.1. The molecule has 0 atom stereocenters. The minimum atomic E-state index is -0.147. The van der Waals surface area contributed by atoms with Crippen LogP contribution in [0.3, 0.4) is 0 Å². The Morgan fingerprint density at radius 2 is 2.24 bits per heavy atom. The van der Waals surface area contributed by atoms with E-state index in [1.807, 2.05) is 18.2 Å². The van der Waals surface area contributed by atoms with Crippen LogP contribution < -0.4 is 10.6 Å². The zero-order valence-corrected chi connectivity index (χ0v) is 9.40. The van der Waals surface area contributed by atoms with Crippen LogP contribution in [0, 0.1) is 0 Å². The number of anilines is 1. The van der Waals surface area contributed by atoms with Gasteiger partial charge in [-0.3, -0.25) is 9.89 Å². The monoisotopic (exact) mass is 231 g/mol. The van der Waals surface area contributed by atoms with Crippen molar-refractivity contribution in [3.05, 3.63) is 42.0 Å².